The average molecular weight is 312 g/mol. The minimum absolute atomic E-state index is 0.237. The summed E-state index contributed by atoms with van der Waals surface area (Å²) in [5.74, 6) is 0.722. The van der Waals surface area contributed by atoms with Crippen LogP contribution in [-0.2, 0) is 11.0 Å². The van der Waals surface area contributed by atoms with E-state index in [1.165, 1.54) is 0 Å². The zero-order valence-corrected chi connectivity index (χ0v) is 16.2. The Bertz CT molecular complexity index is 431. The maximum atomic E-state index is 6.19. The van der Waals surface area contributed by atoms with E-state index in [0.717, 1.165) is 11.4 Å². The molecular formula is C15H29NO2Si2. The Morgan fingerprint density at radius 1 is 1.05 bits per heavy atom. The largest absolute Gasteiger partial charge is 0.531 e. The lowest BCUT2D eigenvalue weighted by atomic mass is 10.2. The molecule has 0 N–H and O–H groups in total. The minimum atomic E-state index is -1.69. The zero-order chi connectivity index (χ0) is 15.6. The molecule has 1 aromatic heterocycles. The minimum Gasteiger partial charge on any atom is -0.531 e. The van der Waals surface area contributed by atoms with Crippen LogP contribution < -0.4 is 4.43 Å². The summed E-state index contributed by atoms with van der Waals surface area (Å²) >= 11 is 0. The summed E-state index contributed by atoms with van der Waals surface area (Å²) in [6.07, 6.45) is 1.86. The van der Waals surface area contributed by atoms with Gasteiger partial charge in [0.05, 0.1) is 6.61 Å². The van der Waals surface area contributed by atoms with Gasteiger partial charge in [-0.15, -0.1) is 0 Å². The van der Waals surface area contributed by atoms with Crippen molar-refractivity contribution in [3.8, 4) is 5.88 Å². The molecule has 0 aromatic carbocycles. The molecule has 0 aliphatic heterocycles. The van der Waals surface area contributed by atoms with Gasteiger partial charge in [0.15, 0.2) is 14.2 Å². The molecule has 0 fully saturated rings. The van der Waals surface area contributed by atoms with E-state index in [1.54, 1.807) is 0 Å². The summed E-state index contributed by atoms with van der Waals surface area (Å²) in [5.41, 5.74) is 1.11. The van der Waals surface area contributed by atoms with Crippen LogP contribution in [-0.4, -0.2) is 21.6 Å². The van der Waals surface area contributed by atoms with Gasteiger partial charge in [0, 0.05) is 6.20 Å². The van der Waals surface area contributed by atoms with Crippen molar-refractivity contribution < 1.29 is 8.85 Å². The van der Waals surface area contributed by atoms with Crippen LogP contribution in [0.5, 0.6) is 5.88 Å². The molecule has 0 saturated carbocycles. The standard InChI is InChI=1S/C15H29NO2Si2/c1-15(2,3)20(7,8)17-12-13-9-10-14(16-11-13)18-19(4,5)6/h9-11H,12H2,1-8H3. The number of hydrogen-bond acceptors (Lipinski definition) is 3. The van der Waals surface area contributed by atoms with Gasteiger partial charge < -0.3 is 8.85 Å². The van der Waals surface area contributed by atoms with Crippen LogP contribution in [0.25, 0.3) is 0 Å². The lowest BCUT2D eigenvalue weighted by Crippen LogP contribution is -2.40. The molecule has 114 valence electrons. The van der Waals surface area contributed by atoms with Crippen molar-refractivity contribution in [3.05, 3.63) is 23.9 Å². The molecule has 0 saturated heterocycles. The van der Waals surface area contributed by atoms with Crippen LogP contribution in [0.4, 0.5) is 0 Å². The summed E-state index contributed by atoms with van der Waals surface area (Å²) in [6, 6.07) is 4.00. The van der Waals surface area contributed by atoms with Crippen molar-refractivity contribution in [3.63, 3.8) is 0 Å². The Morgan fingerprint density at radius 2 is 1.65 bits per heavy atom. The van der Waals surface area contributed by atoms with Crippen molar-refractivity contribution in [1.29, 1.82) is 0 Å². The smallest absolute Gasteiger partial charge is 0.244 e. The second-order valence-corrected chi connectivity index (χ2v) is 17.0. The SMILES string of the molecule is CC(C)(C)[Si](C)(C)OCc1ccc(O[Si](C)(C)C)nc1. The van der Waals surface area contributed by atoms with Gasteiger partial charge in [-0.05, 0) is 55.5 Å². The molecule has 1 rings (SSSR count). The molecule has 0 unspecified atom stereocenters. The van der Waals surface area contributed by atoms with E-state index < -0.39 is 16.6 Å². The van der Waals surface area contributed by atoms with Crippen molar-refractivity contribution in [2.45, 2.75) is 65.2 Å². The van der Waals surface area contributed by atoms with Crippen LogP contribution in [0.3, 0.4) is 0 Å². The van der Waals surface area contributed by atoms with E-state index in [1.807, 2.05) is 12.3 Å². The van der Waals surface area contributed by atoms with Crippen molar-refractivity contribution in [2.24, 2.45) is 0 Å². The lowest BCUT2D eigenvalue weighted by Gasteiger charge is -2.36. The first-order valence-electron chi connectivity index (χ1n) is 7.19. The lowest BCUT2D eigenvalue weighted by molar-refractivity contribution is 0.276. The fourth-order valence-corrected chi connectivity index (χ4v) is 3.06. The van der Waals surface area contributed by atoms with E-state index in [2.05, 4.69) is 64.6 Å². The molecule has 1 heterocycles. The van der Waals surface area contributed by atoms with Crippen molar-refractivity contribution in [2.75, 3.05) is 0 Å². The molecule has 0 amide bonds. The zero-order valence-electron chi connectivity index (χ0n) is 14.2. The third kappa shape index (κ3) is 5.38. The Morgan fingerprint density at radius 3 is 2.05 bits per heavy atom. The molecule has 20 heavy (non-hydrogen) atoms. The maximum Gasteiger partial charge on any atom is 0.244 e. The summed E-state index contributed by atoms with van der Waals surface area (Å²) < 4.78 is 12.0. The van der Waals surface area contributed by atoms with Gasteiger partial charge in [0.25, 0.3) is 0 Å². The monoisotopic (exact) mass is 311 g/mol. The van der Waals surface area contributed by atoms with Crippen molar-refractivity contribution in [1.82, 2.24) is 4.98 Å². The van der Waals surface area contributed by atoms with Crippen LogP contribution in [0.2, 0.25) is 37.8 Å². The van der Waals surface area contributed by atoms with Gasteiger partial charge >= 0.3 is 0 Å². The first-order valence-corrected chi connectivity index (χ1v) is 13.5. The second kappa shape index (κ2) is 5.99. The quantitative estimate of drug-likeness (QED) is 0.731. The van der Waals surface area contributed by atoms with Gasteiger partial charge in [0.1, 0.15) is 0 Å². The molecule has 1 aromatic rings. The molecule has 5 heteroatoms. The predicted molar refractivity (Wildman–Crippen MR) is 90.2 cm³/mol. The van der Waals surface area contributed by atoms with Gasteiger partial charge in [-0.25, -0.2) is 4.98 Å². The average Bonchev–Trinajstić information content (AvgIpc) is 2.24. The highest BCUT2D eigenvalue weighted by Crippen LogP contribution is 2.37. The van der Waals surface area contributed by atoms with Crippen molar-refractivity contribution >= 4 is 16.6 Å². The van der Waals surface area contributed by atoms with E-state index in [-0.39, 0.29) is 5.04 Å². The summed E-state index contributed by atoms with van der Waals surface area (Å²) in [6.45, 7) is 18.4. The fourth-order valence-electron chi connectivity index (χ4n) is 1.35. The number of pyridine rings is 1. The Hall–Kier alpha value is -0.656. The Balaban J connectivity index is 2.63. The normalized spacial score (nSPS) is 13.4. The first kappa shape index (κ1) is 17.4. The van der Waals surface area contributed by atoms with Crippen LogP contribution in [0.15, 0.2) is 18.3 Å². The third-order valence-corrected chi connectivity index (χ3v) is 8.91. The fraction of sp³-hybridized carbons (Fsp3) is 0.667. The predicted octanol–water partition coefficient (Wildman–Crippen LogP) is 4.82. The van der Waals surface area contributed by atoms with Crippen LogP contribution in [0.1, 0.15) is 26.3 Å². The Kier molecular flexibility index (Phi) is 5.21. The molecule has 0 atom stereocenters. The number of rotatable bonds is 5. The van der Waals surface area contributed by atoms with Gasteiger partial charge in [-0.2, -0.15) is 0 Å². The molecule has 0 aliphatic rings. The van der Waals surface area contributed by atoms with E-state index in [4.69, 9.17) is 8.85 Å². The number of aromatic nitrogens is 1. The molecule has 0 aliphatic carbocycles. The summed E-state index contributed by atoms with van der Waals surface area (Å²) in [4.78, 5) is 4.37. The summed E-state index contributed by atoms with van der Waals surface area (Å²) in [7, 11) is -3.27. The van der Waals surface area contributed by atoms with Gasteiger partial charge in [-0.1, -0.05) is 20.8 Å². The highest BCUT2D eigenvalue weighted by Gasteiger charge is 2.37. The van der Waals surface area contributed by atoms with E-state index >= 15 is 0 Å². The van der Waals surface area contributed by atoms with E-state index in [9.17, 15) is 0 Å². The molecule has 0 bridgehead atoms. The summed E-state index contributed by atoms with van der Waals surface area (Å²) in [5, 5.41) is 0.237. The Labute approximate surface area is 126 Å². The molecular weight excluding hydrogens is 282 g/mol. The van der Waals surface area contributed by atoms with Gasteiger partial charge in [0.2, 0.25) is 8.32 Å². The van der Waals surface area contributed by atoms with E-state index in [0.29, 0.717) is 6.61 Å². The highest BCUT2D eigenvalue weighted by atomic mass is 28.4. The third-order valence-electron chi connectivity index (χ3n) is 3.61. The number of nitrogens with zero attached hydrogens (tertiary/aromatic N) is 1. The number of hydrogen-bond donors (Lipinski definition) is 0. The first-order chi connectivity index (χ1) is 8.91. The topological polar surface area (TPSA) is 31.4 Å². The van der Waals surface area contributed by atoms with Crippen LogP contribution in [0, 0.1) is 0 Å². The maximum absolute atomic E-state index is 6.19. The molecule has 0 radical (unpaired) electrons. The van der Waals surface area contributed by atoms with Crippen LogP contribution >= 0.6 is 0 Å². The van der Waals surface area contributed by atoms with Gasteiger partial charge in [-0.3, -0.25) is 0 Å². The molecule has 0 spiro atoms. The molecule has 3 nitrogen and oxygen atoms in total. The second-order valence-electron chi connectivity index (χ2n) is 7.77. The highest BCUT2D eigenvalue weighted by molar-refractivity contribution is 6.74.